The van der Waals surface area contributed by atoms with E-state index in [1.165, 1.54) is 93.9 Å². The Morgan fingerprint density at radius 3 is 1.52 bits per heavy atom. The molecule has 0 saturated heterocycles. The van der Waals surface area contributed by atoms with Gasteiger partial charge >= 0.3 is 0 Å². The van der Waals surface area contributed by atoms with Crippen LogP contribution in [0.2, 0.25) is 0 Å². The summed E-state index contributed by atoms with van der Waals surface area (Å²) in [4.78, 5) is 0. The Kier molecular flexibility index (Phi) is 5.49. The lowest BCUT2D eigenvalue weighted by Crippen LogP contribution is -2.31. The SMILES string of the molecule is c1ccc(-c2ccc3c(c2)C2(c4ccccc4-3)c3ccccc3-c3cccc4cccc2c34)c(-c2ccc3c(c2)-c2cccc4cccc(c24)O3)c1. The smallest absolute Gasteiger partial charge is 0.135 e. The molecule has 0 amide bonds. The van der Waals surface area contributed by atoms with Crippen molar-refractivity contribution in [1.29, 1.82) is 0 Å². The second-order valence-electron chi connectivity index (χ2n) is 14.3. The van der Waals surface area contributed by atoms with Crippen molar-refractivity contribution < 1.29 is 4.74 Å². The van der Waals surface area contributed by atoms with E-state index in [-0.39, 0.29) is 0 Å². The van der Waals surface area contributed by atoms with Crippen LogP contribution >= 0.6 is 0 Å². The van der Waals surface area contributed by atoms with Gasteiger partial charge in [-0.2, -0.15) is 0 Å². The van der Waals surface area contributed by atoms with Crippen molar-refractivity contribution in [2.75, 3.05) is 0 Å². The van der Waals surface area contributed by atoms with Crippen molar-refractivity contribution in [3.8, 4) is 67.1 Å². The minimum Gasteiger partial charge on any atom is -0.456 e. The Bertz CT molecular complexity index is 2990. The lowest BCUT2D eigenvalue weighted by molar-refractivity contribution is 0.487. The molecule has 12 rings (SSSR count). The highest BCUT2D eigenvalue weighted by atomic mass is 16.5. The van der Waals surface area contributed by atoms with Crippen molar-refractivity contribution in [1.82, 2.24) is 0 Å². The van der Waals surface area contributed by atoms with Gasteiger partial charge in [-0.1, -0.05) is 158 Å². The predicted octanol–water partition coefficient (Wildman–Crippen LogP) is 13.4. The van der Waals surface area contributed by atoms with Gasteiger partial charge in [0.1, 0.15) is 11.5 Å². The molecular weight excluding hydrogens is 629 g/mol. The van der Waals surface area contributed by atoms with Crippen molar-refractivity contribution in [2.24, 2.45) is 0 Å². The number of benzene rings is 9. The molecular formula is C51H30O. The van der Waals surface area contributed by atoms with E-state index in [4.69, 9.17) is 4.74 Å². The molecule has 1 unspecified atom stereocenters. The Balaban J connectivity index is 1.10. The Morgan fingerprint density at radius 2 is 0.788 bits per heavy atom. The van der Waals surface area contributed by atoms with Crippen LogP contribution in [0, 0.1) is 0 Å². The minimum absolute atomic E-state index is 0.448. The minimum atomic E-state index is -0.448. The first-order chi connectivity index (χ1) is 25.8. The van der Waals surface area contributed by atoms with E-state index < -0.39 is 5.41 Å². The quantitative estimate of drug-likeness (QED) is 0.180. The van der Waals surface area contributed by atoms with Crippen molar-refractivity contribution in [3.63, 3.8) is 0 Å². The summed E-state index contributed by atoms with van der Waals surface area (Å²) < 4.78 is 6.48. The van der Waals surface area contributed by atoms with Gasteiger partial charge in [0.25, 0.3) is 0 Å². The molecule has 1 spiro atoms. The van der Waals surface area contributed by atoms with Crippen molar-refractivity contribution in [3.05, 3.63) is 204 Å². The number of hydrogen-bond donors (Lipinski definition) is 0. The highest BCUT2D eigenvalue weighted by Crippen LogP contribution is 2.62. The van der Waals surface area contributed by atoms with E-state index in [9.17, 15) is 0 Å². The number of fused-ring (bicyclic) bond motifs is 11. The number of rotatable bonds is 2. The zero-order chi connectivity index (χ0) is 34.0. The van der Waals surface area contributed by atoms with Gasteiger partial charge in [0, 0.05) is 10.9 Å². The summed E-state index contributed by atoms with van der Waals surface area (Å²) in [7, 11) is 0. The molecule has 0 aromatic heterocycles. The standard InChI is InChI=1S/C51H30O/c1-2-16-36(35(15-1)33-26-28-47-42(29-33)41-20-8-12-32-14-10-24-48(52-47)50(32)41)34-25-27-39-37-17-3-5-21-43(37)51(46(39)30-34)44-22-6-4-18-38(44)40-19-7-11-31-13-9-23-45(51)49(31)40/h1-30H. The van der Waals surface area contributed by atoms with Gasteiger partial charge in [-0.15, -0.1) is 0 Å². The zero-order valence-corrected chi connectivity index (χ0v) is 28.2. The van der Waals surface area contributed by atoms with Crippen LogP contribution in [0.5, 0.6) is 11.5 Å². The number of ether oxygens (including phenoxy) is 1. The highest BCUT2D eigenvalue weighted by Gasteiger charge is 2.50. The third-order valence-electron chi connectivity index (χ3n) is 11.9. The fourth-order valence-electron chi connectivity index (χ4n) is 9.81. The Morgan fingerprint density at radius 1 is 0.288 bits per heavy atom. The second-order valence-corrected chi connectivity index (χ2v) is 14.3. The molecule has 0 radical (unpaired) electrons. The van der Waals surface area contributed by atoms with Crippen molar-refractivity contribution >= 4 is 21.5 Å². The first-order valence-electron chi connectivity index (χ1n) is 18.1. The normalized spacial score (nSPS) is 15.5. The lowest BCUT2D eigenvalue weighted by Gasteiger charge is -2.40. The molecule has 240 valence electrons. The molecule has 9 aromatic carbocycles. The lowest BCUT2D eigenvalue weighted by atomic mass is 9.61. The first-order valence-corrected chi connectivity index (χ1v) is 18.1. The summed E-state index contributed by atoms with van der Waals surface area (Å²) in [5, 5.41) is 5.01. The maximum Gasteiger partial charge on any atom is 0.135 e. The van der Waals surface area contributed by atoms with Gasteiger partial charge in [0.2, 0.25) is 0 Å². The molecule has 1 heterocycles. The topological polar surface area (TPSA) is 9.23 Å². The average Bonchev–Trinajstić information content (AvgIpc) is 3.50. The molecule has 0 fully saturated rings. The van der Waals surface area contributed by atoms with Crippen LogP contribution in [0.15, 0.2) is 182 Å². The molecule has 9 aromatic rings. The van der Waals surface area contributed by atoms with Crippen LogP contribution in [0.25, 0.3) is 77.2 Å². The van der Waals surface area contributed by atoms with Crippen LogP contribution in [-0.4, -0.2) is 0 Å². The fourth-order valence-corrected chi connectivity index (χ4v) is 9.81. The summed E-state index contributed by atoms with van der Waals surface area (Å²) in [5.41, 5.74) is 17.4. The molecule has 1 nitrogen and oxygen atoms in total. The average molecular weight is 659 g/mol. The Labute approximate surface area is 302 Å². The van der Waals surface area contributed by atoms with E-state index in [2.05, 4.69) is 182 Å². The van der Waals surface area contributed by atoms with Gasteiger partial charge in [0.05, 0.1) is 5.41 Å². The van der Waals surface area contributed by atoms with Crippen LogP contribution in [-0.2, 0) is 5.41 Å². The maximum absolute atomic E-state index is 6.48. The van der Waals surface area contributed by atoms with Crippen molar-refractivity contribution in [2.45, 2.75) is 5.41 Å². The van der Waals surface area contributed by atoms with E-state index in [0.717, 1.165) is 17.1 Å². The molecule has 1 atom stereocenters. The predicted molar refractivity (Wildman–Crippen MR) is 214 cm³/mol. The van der Waals surface area contributed by atoms with E-state index in [0.29, 0.717) is 0 Å². The van der Waals surface area contributed by atoms with Gasteiger partial charge in [-0.3, -0.25) is 0 Å². The molecule has 1 aliphatic heterocycles. The molecule has 0 saturated carbocycles. The zero-order valence-electron chi connectivity index (χ0n) is 28.2. The molecule has 3 aliphatic rings. The van der Waals surface area contributed by atoms with Crippen LogP contribution in [0.3, 0.4) is 0 Å². The van der Waals surface area contributed by atoms with Crippen LogP contribution in [0.1, 0.15) is 22.3 Å². The van der Waals surface area contributed by atoms with Crippen LogP contribution in [0.4, 0.5) is 0 Å². The first kappa shape index (κ1) is 28.0. The van der Waals surface area contributed by atoms with Gasteiger partial charge in [0.15, 0.2) is 0 Å². The van der Waals surface area contributed by atoms with Crippen LogP contribution < -0.4 is 4.74 Å². The molecule has 2 aliphatic carbocycles. The second kappa shape index (κ2) is 10.2. The van der Waals surface area contributed by atoms with Gasteiger partial charge < -0.3 is 4.74 Å². The van der Waals surface area contributed by atoms with E-state index in [1.807, 2.05) is 0 Å². The van der Waals surface area contributed by atoms with E-state index in [1.54, 1.807) is 0 Å². The fraction of sp³-hybridized carbons (Fsp3) is 0.0196. The molecule has 0 bridgehead atoms. The molecule has 0 N–H and O–H groups in total. The molecule has 52 heavy (non-hydrogen) atoms. The third kappa shape index (κ3) is 3.52. The van der Waals surface area contributed by atoms with Gasteiger partial charge in [-0.25, -0.2) is 0 Å². The maximum atomic E-state index is 6.48. The monoisotopic (exact) mass is 658 g/mol. The van der Waals surface area contributed by atoms with Gasteiger partial charge in [-0.05, 0) is 113 Å². The summed E-state index contributed by atoms with van der Waals surface area (Å²) in [6.45, 7) is 0. The Hall–Kier alpha value is -6.70. The number of hydrogen-bond acceptors (Lipinski definition) is 1. The third-order valence-corrected chi connectivity index (χ3v) is 11.9. The van der Waals surface area contributed by atoms with E-state index >= 15 is 0 Å². The summed E-state index contributed by atoms with van der Waals surface area (Å²) in [6.07, 6.45) is 0. The molecule has 1 heteroatoms. The summed E-state index contributed by atoms with van der Waals surface area (Å²) >= 11 is 0. The summed E-state index contributed by atoms with van der Waals surface area (Å²) in [5.74, 6) is 1.82. The highest BCUT2D eigenvalue weighted by molar-refractivity contribution is 6.08. The summed E-state index contributed by atoms with van der Waals surface area (Å²) in [6, 6.07) is 67.4. The largest absolute Gasteiger partial charge is 0.456 e.